The molecule has 2 N–H and O–H groups in total. The summed E-state index contributed by atoms with van der Waals surface area (Å²) >= 11 is 0. The maximum absolute atomic E-state index is 12.0. The highest BCUT2D eigenvalue weighted by atomic mass is 16.5. The molecule has 0 saturated carbocycles. The number of aromatic nitrogens is 1. The van der Waals surface area contributed by atoms with Gasteiger partial charge in [-0.1, -0.05) is 0 Å². The van der Waals surface area contributed by atoms with Crippen LogP contribution < -0.4 is 10.6 Å². The van der Waals surface area contributed by atoms with E-state index in [-0.39, 0.29) is 11.8 Å². The third-order valence-corrected chi connectivity index (χ3v) is 2.92. The number of amides is 2. The maximum atomic E-state index is 12.0. The lowest BCUT2D eigenvalue weighted by Gasteiger charge is -2.07. The summed E-state index contributed by atoms with van der Waals surface area (Å²) in [6.07, 6.45) is 3.10. The molecule has 6 heteroatoms. The van der Waals surface area contributed by atoms with Crippen molar-refractivity contribution in [3.05, 3.63) is 59.9 Å². The highest BCUT2D eigenvalue weighted by molar-refractivity contribution is 6.04. The molecule has 0 saturated heterocycles. The summed E-state index contributed by atoms with van der Waals surface area (Å²) in [5.74, 6) is -0.424. The average Bonchev–Trinajstić information content (AvgIpc) is 2.56. The molecule has 0 unspecified atom stereocenters. The van der Waals surface area contributed by atoms with Crippen molar-refractivity contribution >= 4 is 17.5 Å². The fraction of sp³-hybridized carbons (Fsp3) is 0.188. The Morgan fingerprint density at radius 3 is 2.50 bits per heavy atom. The SMILES string of the molecule is COCCNC(=O)c1ccc(NC(=O)c2cccnc2)cc1. The van der Waals surface area contributed by atoms with E-state index < -0.39 is 0 Å². The number of ether oxygens (including phenoxy) is 1. The molecule has 2 aromatic rings. The average molecular weight is 299 g/mol. The van der Waals surface area contributed by atoms with Gasteiger partial charge in [-0.2, -0.15) is 0 Å². The number of nitrogens with zero attached hydrogens (tertiary/aromatic N) is 1. The van der Waals surface area contributed by atoms with Gasteiger partial charge < -0.3 is 15.4 Å². The van der Waals surface area contributed by atoms with Crippen molar-refractivity contribution in [2.45, 2.75) is 0 Å². The number of hydrogen-bond acceptors (Lipinski definition) is 4. The van der Waals surface area contributed by atoms with Crippen LogP contribution in [0.1, 0.15) is 20.7 Å². The molecule has 0 spiro atoms. The van der Waals surface area contributed by atoms with Crippen molar-refractivity contribution in [3.63, 3.8) is 0 Å². The third kappa shape index (κ3) is 4.39. The van der Waals surface area contributed by atoms with Gasteiger partial charge in [-0.05, 0) is 36.4 Å². The molecule has 1 heterocycles. The highest BCUT2D eigenvalue weighted by Crippen LogP contribution is 2.11. The summed E-state index contributed by atoms with van der Waals surface area (Å²) < 4.78 is 4.87. The molecule has 6 nitrogen and oxygen atoms in total. The minimum Gasteiger partial charge on any atom is -0.383 e. The second-order valence-corrected chi connectivity index (χ2v) is 4.52. The summed E-state index contributed by atoms with van der Waals surface area (Å²) in [6.45, 7) is 0.916. The Balaban J connectivity index is 1.94. The van der Waals surface area contributed by atoms with Gasteiger partial charge in [0.15, 0.2) is 0 Å². The van der Waals surface area contributed by atoms with Crippen LogP contribution in [0.15, 0.2) is 48.8 Å². The normalized spacial score (nSPS) is 10.0. The summed E-state index contributed by atoms with van der Waals surface area (Å²) in [5, 5.41) is 5.47. The van der Waals surface area contributed by atoms with Gasteiger partial charge in [0.1, 0.15) is 0 Å². The van der Waals surface area contributed by atoms with Crippen LogP contribution in [0, 0.1) is 0 Å². The van der Waals surface area contributed by atoms with E-state index in [1.807, 2.05) is 0 Å². The fourth-order valence-electron chi connectivity index (χ4n) is 1.77. The highest BCUT2D eigenvalue weighted by Gasteiger charge is 2.07. The predicted molar refractivity (Wildman–Crippen MR) is 82.8 cm³/mol. The summed E-state index contributed by atoms with van der Waals surface area (Å²) in [6, 6.07) is 10.0. The van der Waals surface area contributed by atoms with E-state index in [0.717, 1.165) is 0 Å². The molecule has 2 amide bonds. The van der Waals surface area contributed by atoms with Crippen molar-refractivity contribution < 1.29 is 14.3 Å². The molecule has 1 aromatic heterocycles. The standard InChI is InChI=1S/C16H17N3O3/c1-22-10-9-18-15(20)12-4-6-14(7-5-12)19-16(21)13-3-2-8-17-11-13/h2-8,11H,9-10H2,1H3,(H,18,20)(H,19,21). The minimum absolute atomic E-state index is 0.179. The Labute approximate surface area is 128 Å². The van der Waals surface area contributed by atoms with Gasteiger partial charge in [-0.15, -0.1) is 0 Å². The molecule has 0 fully saturated rings. The Morgan fingerprint density at radius 1 is 1.09 bits per heavy atom. The molecule has 114 valence electrons. The molecular weight excluding hydrogens is 282 g/mol. The van der Waals surface area contributed by atoms with Gasteiger partial charge in [-0.25, -0.2) is 0 Å². The van der Waals surface area contributed by atoms with Gasteiger partial charge in [0.05, 0.1) is 12.2 Å². The number of hydrogen-bond donors (Lipinski definition) is 2. The largest absolute Gasteiger partial charge is 0.383 e. The molecule has 0 aliphatic carbocycles. The van der Waals surface area contributed by atoms with Gasteiger partial charge in [0.2, 0.25) is 0 Å². The first-order chi connectivity index (χ1) is 10.7. The number of anilines is 1. The van der Waals surface area contributed by atoms with Gasteiger partial charge in [-0.3, -0.25) is 14.6 Å². The Kier molecular flexibility index (Phi) is 5.62. The van der Waals surface area contributed by atoms with Crippen LogP contribution in [0.5, 0.6) is 0 Å². The molecule has 0 radical (unpaired) electrons. The molecule has 0 bridgehead atoms. The zero-order valence-corrected chi connectivity index (χ0v) is 12.2. The topological polar surface area (TPSA) is 80.3 Å². The second-order valence-electron chi connectivity index (χ2n) is 4.52. The fourth-order valence-corrected chi connectivity index (χ4v) is 1.77. The lowest BCUT2D eigenvalue weighted by atomic mass is 10.2. The summed E-state index contributed by atoms with van der Waals surface area (Å²) in [5.41, 5.74) is 1.61. The van der Waals surface area contributed by atoms with Crippen LogP contribution >= 0.6 is 0 Å². The van der Waals surface area contributed by atoms with Crippen LogP contribution in [0.2, 0.25) is 0 Å². The first-order valence-electron chi connectivity index (χ1n) is 6.79. The first-order valence-corrected chi connectivity index (χ1v) is 6.79. The smallest absolute Gasteiger partial charge is 0.257 e. The van der Waals surface area contributed by atoms with E-state index in [1.165, 1.54) is 6.20 Å². The third-order valence-electron chi connectivity index (χ3n) is 2.92. The van der Waals surface area contributed by atoms with Crippen molar-refractivity contribution in [3.8, 4) is 0 Å². The number of benzene rings is 1. The summed E-state index contributed by atoms with van der Waals surface area (Å²) in [7, 11) is 1.58. The number of carbonyl (C=O) groups is 2. The minimum atomic E-state index is -0.245. The van der Waals surface area contributed by atoms with Crippen LogP contribution in [-0.2, 0) is 4.74 Å². The Bertz CT molecular complexity index is 627. The first kappa shape index (κ1) is 15.7. The van der Waals surface area contributed by atoms with E-state index in [2.05, 4.69) is 15.6 Å². The van der Waals surface area contributed by atoms with Crippen LogP contribution in [-0.4, -0.2) is 37.1 Å². The summed E-state index contributed by atoms with van der Waals surface area (Å²) in [4.78, 5) is 27.7. The lowest BCUT2D eigenvalue weighted by Crippen LogP contribution is -2.26. The number of methoxy groups -OCH3 is 1. The molecule has 0 atom stereocenters. The van der Waals surface area contributed by atoms with Crippen molar-refractivity contribution in [2.24, 2.45) is 0 Å². The number of carbonyl (C=O) groups excluding carboxylic acids is 2. The van der Waals surface area contributed by atoms with E-state index in [1.54, 1.807) is 49.7 Å². The van der Waals surface area contributed by atoms with E-state index >= 15 is 0 Å². The Hall–Kier alpha value is -2.73. The quantitative estimate of drug-likeness (QED) is 0.796. The molecule has 1 aromatic carbocycles. The van der Waals surface area contributed by atoms with Crippen LogP contribution in [0.25, 0.3) is 0 Å². The molecular formula is C16H17N3O3. The van der Waals surface area contributed by atoms with Gasteiger partial charge in [0, 0.05) is 37.3 Å². The van der Waals surface area contributed by atoms with Crippen molar-refractivity contribution in [2.75, 3.05) is 25.6 Å². The predicted octanol–water partition coefficient (Wildman–Crippen LogP) is 1.71. The number of nitrogens with one attached hydrogen (secondary N) is 2. The van der Waals surface area contributed by atoms with E-state index in [4.69, 9.17) is 4.74 Å². The molecule has 2 rings (SSSR count). The van der Waals surface area contributed by atoms with Crippen molar-refractivity contribution in [1.82, 2.24) is 10.3 Å². The van der Waals surface area contributed by atoms with Crippen molar-refractivity contribution in [1.29, 1.82) is 0 Å². The Morgan fingerprint density at radius 2 is 1.86 bits per heavy atom. The van der Waals surface area contributed by atoms with Gasteiger partial charge >= 0.3 is 0 Å². The van der Waals surface area contributed by atoms with Crippen LogP contribution in [0.3, 0.4) is 0 Å². The van der Waals surface area contributed by atoms with Crippen LogP contribution in [0.4, 0.5) is 5.69 Å². The lowest BCUT2D eigenvalue weighted by molar-refractivity contribution is 0.0936. The van der Waals surface area contributed by atoms with E-state index in [9.17, 15) is 9.59 Å². The second kappa shape index (κ2) is 7.90. The maximum Gasteiger partial charge on any atom is 0.257 e. The zero-order chi connectivity index (χ0) is 15.8. The van der Waals surface area contributed by atoms with E-state index in [0.29, 0.717) is 30.0 Å². The molecule has 0 aliphatic heterocycles. The number of rotatable bonds is 6. The van der Waals surface area contributed by atoms with Gasteiger partial charge in [0.25, 0.3) is 11.8 Å². The molecule has 0 aliphatic rings. The molecule has 22 heavy (non-hydrogen) atoms. The number of pyridine rings is 1. The zero-order valence-electron chi connectivity index (χ0n) is 12.2. The monoisotopic (exact) mass is 299 g/mol.